The van der Waals surface area contributed by atoms with Crippen LogP contribution in [0, 0.1) is 0 Å². The van der Waals surface area contributed by atoms with E-state index in [1.165, 1.54) is 12.1 Å². The molecule has 0 amide bonds. The molecule has 1 aromatic rings. The molecule has 1 unspecified atom stereocenters. The Hall–Kier alpha value is -3.18. The first-order valence-corrected chi connectivity index (χ1v) is 8.33. The third kappa shape index (κ3) is 2.72. The third-order valence-electron chi connectivity index (χ3n) is 4.60. The van der Waals surface area contributed by atoms with Gasteiger partial charge in [-0.05, 0) is 30.2 Å². The van der Waals surface area contributed by atoms with Crippen molar-refractivity contribution in [1.82, 2.24) is 0 Å². The molecule has 1 atom stereocenters. The van der Waals surface area contributed by atoms with Gasteiger partial charge in [0.05, 0.1) is 11.7 Å². The highest BCUT2D eigenvalue weighted by atomic mass is 16.4. The zero-order chi connectivity index (χ0) is 18.3. The summed E-state index contributed by atoms with van der Waals surface area (Å²) in [4.78, 5) is 23.5. The first kappa shape index (κ1) is 16.3. The van der Waals surface area contributed by atoms with Gasteiger partial charge in [-0.2, -0.15) is 0 Å². The van der Waals surface area contributed by atoms with Crippen molar-refractivity contribution in [3.8, 4) is 22.5 Å². The van der Waals surface area contributed by atoms with Crippen LogP contribution in [0.2, 0.25) is 0 Å². The highest BCUT2D eigenvalue weighted by molar-refractivity contribution is 6.01. The Morgan fingerprint density at radius 3 is 2.73 bits per heavy atom. The van der Waals surface area contributed by atoms with E-state index >= 15 is 0 Å². The van der Waals surface area contributed by atoms with Crippen LogP contribution in [-0.2, 0) is 6.42 Å². The van der Waals surface area contributed by atoms with Gasteiger partial charge in [0.2, 0.25) is 0 Å². The van der Waals surface area contributed by atoms with E-state index in [9.17, 15) is 19.8 Å². The molecule has 0 bridgehead atoms. The van der Waals surface area contributed by atoms with Crippen LogP contribution in [-0.4, -0.2) is 22.3 Å². The highest BCUT2D eigenvalue weighted by Crippen LogP contribution is 2.41. The average molecular weight is 348 g/mol. The Bertz CT molecular complexity index is 1060. The van der Waals surface area contributed by atoms with Crippen molar-refractivity contribution in [1.29, 1.82) is 0 Å². The normalized spacial score (nSPS) is 16.3. The first-order chi connectivity index (χ1) is 12.5. The summed E-state index contributed by atoms with van der Waals surface area (Å²) in [6, 6.07) is 11.3. The van der Waals surface area contributed by atoms with Crippen molar-refractivity contribution in [2.24, 2.45) is 0 Å². The molecular formula is C21H16O5. The number of carboxylic acids is 1. The van der Waals surface area contributed by atoms with E-state index in [4.69, 9.17) is 4.42 Å². The number of carbonyl (C=O) groups is 1. The zero-order valence-electron chi connectivity index (χ0n) is 13.8. The molecule has 3 aliphatic rings. The van der Waals surface area contributed by atoms with Crippen molar-refractivity contribution in [2.45, 2.75) is 18.9 Å². The Kier molecular flexibility index (Phi) is 3.93. The molecule has 2 N–H and O–H groups in total. The fraction of sp³-hybridized carbons (Fsp3) is 0.143. The quantitative estimate of drug-likeness (QED) is 0.741. The molecule has 0 saturated heterocycles. The molecule has 1 aliphatic heterocycles. The van der Waals surface area contributed by atoms with E-state index in [1.54, 1.807) is 42.5 Å². The van der Waals surface area contributed by atoms with E-state index in [0.717, 1.165) is 5.56 Å². The van der Waals surface area contributed by atoms with E-state index in [2.05, 4.69) is 0 Å². The summed E-state index contributed by atoms with van der Waals surface area (Å²) in [7, 11) is 0. The van der Waals surface area contributed by atoms with Gasteiger partial charge in [0.25, 0.3) is 0 Å². The first-order valence-electron chi connectivity index (χ1n) is 8.33. The SMILES string of the molecule is O=C(O)c1ccccc1-c1c2ccc(=O)cc-2oc2c1C=CC(O)CC2. The standard InChI is InChI=1S/C21H16O5/c22-12-5-8-16-18(10-7-12)26-19-11-13(23)6-9-17(19)20(16)14-3-1-2-4-15(14)21(24)25/h1-6,8-9,11-12,22H,7,10H2,(H,24,25). The Labute approximate surface area is 149 Å². The monoisotopic (exact) mass is 348 g/mol. The largest absolute Gasteiger partial charge is 0.478 e. The maximum absolute atomic E-state index is 11.8. The van der Waals surface area contributed by atoms with Crippen LogP contribution in [0.1, 0.15) is 28.1 Å². The van der Waals surface area contributed by atoms with Crippen LogP contribution >= 0.6 is 0 Å². The summed E-state index contributed by atoms with van der Waals surface area (Å²) in [5.41, 5.74) is 2.65. The summed E-state index contributed by atoms with van der Waals surface area (Å²) >= 11 is 0. The molecule has 5 heteroatoms. The summed E-state index contributed by atoms with van der Waals surface area (Å²) in [5.74, 6) is 0.0173. The lowest BCUT2D eigenvalue weighted by atomic mass is 9.89. The molecule has 130 valence electrons. The van der Waals surface area contributed by atoms with Crippen molar-refractivity contribution >= 4 is 12.0 Å². The smallest absolute Gasteiger partial charge is 0.336 e. The predicted molar refractivity (Wildman–Crippen MR) is 97.4 cm³/mol. The Morgan fingerprint density at radius 2 is 1.92 bits per heavy atom. The van der Waals surface area contributed by atoms with Gasteiger partial charge < -0.3 is 14.6 Å². The number of benzene rings is 2. The van der Waals surface area contributed by atoms with Crippen LogP contribution < -0.4 is 5.43 Å². The molecule has 5 nitrogen and oxygen atoms in total. The minimum atomic E-state index is -1.03. The number of fused-ring (bicyclic) bond motifs is 2. The molecule has 26 heavy (non-hydrogen) atoms. The molecule has 0 spiro atoms. The summed E-state index contributed by atoms with van der Waals surface area (Å²) in [6.45, 7) is 0. The number of aliphatic hydroxyl groups is 1. The van der Waals surface area contributed by atoms with E-state index in [1.807, 2.05) is 0 Å². The molecule has 1 heterocycles. The molecular weight excluding hydrogens is 332 g/mol. The van der Waals surface area contributed by atoms with Gasteiger partial charge in [-0.25, -0.2) is 4.79 Å². The predicted octanol–water partition coefficient (Wildman–Crippen LogP) is 3.43. The topological polar surface area (TPSA) is 87.7 Å². The molecule has 0 saturated carbocycles. The second-order valence-corrected chi connectivity index (χ2v) is 6.29. The van der Waals surface area contributed by atoms with Crippen LogP contribution in [0.15, 0.2) is 57.8 Å². The lowest BCUT2D eigenvalue weighted by Gasteiger charge is -2.19. The second kappa shape index (κ2) is 6.28. The van der Waals surface area contributed by atoms with Crippen LogP contribution in [0.25, 0.3) is 28.5 Å². The Balaban J connectivity index is 2.13. The average Bonchev–Trinajstić information content (AvgIpc) is 2.81. The van der Waals surface area contributed by atoms with Crippen LogP contribution in [0.5, 0.6) is 0 Å². The minimum absolute atomic E-state index is 0.173. The van der Waals surface area contributed by atoms with Gasteiger partial charge in [0.15, 0.2) is 5.43 Å². The maximum Gasteiger partial charge on any atom is 0.336 e. The van der Waals surface area contributed by atoms with E-state index < -0.39 is 12.1 Å². The number of aliphatic hydroxyl groups excluding tert-OH is 1. The van der Waals surface area contributed by atoms with Crippen molar-refractivity contribution in [2.75, 3.05) is 0 Å². The fourth-order valence-corrected chi connectivity index (χ4v) is 3.39. The number of carboxylic acid groups (broad SMARTS) is 1. The van der Waals surface area contributed by atoms with Gasteiger partial charge in [0.1, 0.15) is 11.5 Å². The number of aromatic carboxylic acids is 1. The third-order valence-corrected chi connectivity index (χ3v) is 4.60. The van der Waals surface area contributed by atoms with Crippen molar-refractivity contribution in [3.05, 3.63) is 75.7 Å². The second-order valence-electron chi connectivity index (χ2n) is 6.29. The number of hydrogen-bond donors (Lipinski definition) is 2. The molecule has 1 aromatic carbocycles. The fourth-order valence-electron chi connectivity index (χ4n) is 3.39. The minimum Gasteiger partial charge on any atom is -0.478 e. The molecule has 2 aliphatic carbocycles. The van der Waals surface area contributed by atoms with Gasteiger partial charge >= 0.3 is 5.97 Å². The zero-order valence-corrected chi connectivity index (χ0v) is 13.8. The van der Waals surface area contributed by atoms with Crippen LogP contribution in [0.3, 0.4) is 0 Å². The van der Waals surface area contributed by atoms with Gasteiger partial charge in [0, 0.05) is 29.2 Å². The summed E-state index contributed by atoms with van der Waals surface area (Å²) in [5, 5.41) is 19.6. The van der Waals surface area contributed by atoms with Crippen molar-refractivity contribution in [3.63, 3.8) is 0 Å². The number of aryl methyl sites for hydroxylation is 1. The molecule has 0 aromatic heterocycles. The van der Waals surface area contributed by atoms with Gasteiger partial charge in [-0.15, -0.1) is 0 Å². The van der Waals surface area contributed by atoms with E-state index in [-0.39, 0.29) is 11.0 Å². The molecule has 0 fully saturated rings. The van der Waals surface area contributed by atoms with Gasteiger partial charge in [-0.1, -0.05) is 30.4 Å². The lowest BCUT2D eigenvalue weighted by molar-refractivity contribution is 0.0697. The highest BCUT2D eigenvalue weighted by Gasteiger charge is 2.24. The lowest BCUT2D eigenvalue weighted by Crippen LogP contribution is -2.06. The number of rotatable bonds is 2. The van der Waals surface area contributed by atoms with Gasteiger partial charge in [-0.3, -0.25) is 4.79 Å². The van der Waals surface area contributed by atoms with Crippen LogP contribution in [0.4, 0.5) is 0 Å². The molecule has 0 radical (unpaired) electrons. The summed E-state index contributed by atoms with van der Waals surface area (Å²) in [6.07, 6.45) is 3.84. The maximum atomic E-state index is 11.8. The number of hydrogen-bond acceptors (Lipinski definition) is 4. The van der Waals surface area contributed by atoms with E-state index in [0.29, 0.717) is 41.1 Å². The Morgan fingerprint density at radius 1 is 1.12 bits per heavy atom. The van der Waals surface area contributed by atoms with Crippen molar-refractivity contribution < 1.29 is 19.4 Å². The summed E-state index contributed by atoms with van der Waals surface area (Å²) < 4.78 is 5.95. The molecule has 4 rings (SSSR count).